The van der Waals surface area contributed by atoms with Gasteiger partial charge in [-0.05, 0) is 35.3 Å². The molecule has 1 aromatic carbocycles. The van der Waals surface area contributed by atoms with Crippen molar-refractivity contribution in [2.75, 3.05) is 6.54 Å². The van der Waals surface area contributed by atoms with E-state index in [2.05, 4.69) is 119 Å². The Hall–Kier alpha value is -1.70. The summed E-state index contributed by atoms with van der Waals surface area (Å²) in [6.45, 7) is 27.4. The second-order valence-electron chi connectivity index (χ2n) is 12.4. The van der Waals surface area contributed by atoms with Crippen LogP contribution in [0.3, 0.4) is 0 Å². The lowest BCUT2D eigenvalue weighted by Gasteiger charge is -2.05. The average Bonchev–Trinajstić information content (AvgIpc) is 3.31. The summed E-state index contributed by atoms with van der Waals surface area (Å²) in [5.41, 5.74) is 1.50. The molecule has 0 bridgehead atoms. The van der Waals surface area contributed by atoms with Crippen LogP contribution in [0.5, 0.6) is 0 Å². The molecule has 0 saturated carbocycles. The van der Waals surface area contributed by atoms with E-state index in [-0.39, 0.29) is 17.3 Å². The zero-order valence-corrected chi connectivity index (χ0v) is 23.6. The van der Waals surface area contributed by atoms with Crippen molar-refractivity contribution < 1.29 is 1.43 Å². The van der Waals surface area contributed by atoms with E-state index in [0.29, 0.717) is 16.2 Å². The van der Waals surface area contributed by atoms with E-state index in [4.69, 9.17) is 0 Å². The van der Waals surface area contributed by atoms with Gasteiger partial charge in [0.2, 0.25) is 0 Å². The Morgan fingerprint density at radius 1 is 0.545 bits per heavy atom. The minimum absolute atomic E-state index is 0. The minimum atomic E-state index is 0. The Morgan fingerprint density at radius 3 is 0.909 bits per heavy atom. The fourth-order valence-corrected chi connectivity index (χ4v) is 1.19. The standard InChI is InChI=1S/C6H6.C5H6.3C5H12.C4H7N.CH4.B.H2/c1-2-4-6-5-3-1;1-2-4-5-3-1;3*1-5(2,3)4;1-2-4-5-3-1;;;/h1-6H;1-4H,5H2;3*1-4H3;1,3,5H,2,4H2;1H4;;1H/i;;;;;;;;1+1. The second kappa shape index (κ2) is 24.9. The monoisotopic (exact) mass is 459 g/mol. The van der Waals surface area contributed by atoms with Crippen LogP contribution in [0.2, 0.25) is 0 Å². The van der Waals surface area contributed by atoms with Gasteiger partial charge in [-0.15, -0.1) is 0 Å². The van der Waals surface area contributed by atoms with Gasteiger partial charge in [0.25, 0.3) is 0 Å². The fraction of sp³-hybridized carbons (Fsp3) is 0.613. The topological polar surface area (TPSA) is 12.0 Å². The highest BCUT2D eigenvalue weighted by Gasteiger charge is 1.96. The number of hydrogen-bond acceptors (Lipinski definition) is 1. The molecule has 2 heteroatoms. The maximum absolute atomic E-state index is 3.04. The molecule has 0 saturated heterocycles. The summed E-state index contributed by atoms with van der Waals surface area (Å²) in [6, 6.07) is 12.0. The molecule has 0 aromatic heterocycles. The Balaban J connectivity index is -0.0000000681. The second-order valence-corrected chi connectivity index (χ2v) is 12.4. The van der Waals surface area contributed by atoms with Crippen LogP contribution in [0, 0.1) is 16.2 Å². The van der Waals surface area contributed by atoms with E-state index in [0.717, 1.165) is 13.0 Å². The van der Waals surface area contributed by atoms with Crippen LogP contribution in [0.25, 0.3) is 0 Å². The third kappa shape index (κ3) is 119. The molecule has 0 fully saturated rings. The number of nitrogens with one attached hydrogen (secondary N) is 1. The first-order valence-electron chi connectivity index (χ1n) is 11.7. The molecule has 1 nitrogen and oxygen atoms in total. The van der Waals surface area contributed by atoms with Crippen molar-refractivity contribution in [3.8, 4) is 0 Å². The highest BCUT2D eigenvalue weighted by atomic mass is 14.8. The molecule has 0 atom stereocenters. The van der Waals surface area contributed by atoms with Crippen molar-refractivity contribution in [3.63, 3.8) is 0 Å². The smallest absolute Gasteiger partial charge is 0.0176 e. The molecule has 1 heterocycles. The van der Waals surface area contributed by atoms with Crippen molar-refractivity contribution in [1.82, 2.24) is 5.32 Å². The Kier molecular flexibility index (Phi) is 31.4. The van der Waals surface area contributed by atoms with E-state index in [9.17, 15) is 0 Å². The highest BCUT2D eigenvalue weighted by Crippen LogP contribution is 2.09. The normalized spacial score (nSPS) is 12.5. The Labute approximate surface area is 214 Å². The highest BCUT2D eigenvalue weighted by molar-refractivity contribution is 5.75. The minimum Gasteiger partial charge on any atom is -0.391 e. The van der Waals surface area contributed by atoms with Gasteiger partial charge in [-0.2, -0.15) is 0 Å². The van der Waals surface area contributed by atoms with Gasteiger partial charge in [-0.25, -0.2) is 0 Å². The zero-order chi connectivity index (χ0) is 24.8. The largest absolute Gasteiger partial charge is 0.391 e. The van der Waals surface area contributed by atoms with Gasteiger partial charge in [0.1, 0.15) is 0 Å². The summed E-state index contributed by atoms with van der Waals surface area (Å²) in [4.78, 5) is 0. The third-order valence-electron chi connectivity index (χ3n) is 2.01. The molecule has 3 rings (SSSR count). The van der Waals surface area contributed by atoms with Gasteiger partial charge < -0.3 is 5.32 Å². The van der Waals surface area contributed by atoms with E-state index >= 15 is 0 Å². The molecular formula is C31H61BN. The van der Waals surface area contributed by atoms with Crippen LogP contribution >= 0.6 is 0 Å². The lowest BCUT2D eigenvalue weighted by molar-refractivity contribution is 0.469. The average molecular weight is 460 g/mol. The molecule has 1 aromatic rings. The molecular weight excluding hydrogens is 397 g/mol. The van der Waals surface area contributed by atoms with Crippen LogP contribution in [-0.2, 0) is 0 Å². The van der Waals surface area contributed by atoms with Crippen LogP contribution in [0.4, 0.5) is 0 Å². The molecule has 2 aliphatic rings. The molecule has 33 heavy (non-hydrogen) atoms. The van der Waals surface area contributed by atoms with E-state index < -0.39 is 0 Å². The summed E-state index contributed by atoms with van der Waals surface area (Å²) < 4.78 is 0. The lowest BCUT2D eigenvalue weighted by atomic mass is 10.0. The van der Waals surface area contributed by atoms with Crippen molar-refractivity contribution in [3.05, 3.63) is 73.0 Å². The Bertz CT molecular complexity index is 467. The molecule has 0 unspecified atom stereocenters. The summed E-state index contributed by atoms with van der Waals surface area (Å²) in [5.74, 6) is 0. The van der Waals surface area contributed by atoms with Crippen molar-refractivity contribution in [2.45, 2.75) is 103 Å². The SMILES string of the molecule is C.C1=CCC=C1.C1=CNCC1.CC(C)(C)C.CC(C)(C)C.CC(C)(C)C.[2HH].[B].c1ccccc1. The molecule has 193 valence electrons. The molecule has 1 N–H and O–H groups in total. The first-order valence-corrected chi connectivity index (χ1v) is 11.7. The zero-order valence-electron chi connectivity index (χ0n) is 23.6. The molecule has 3 radical (unpaired) electrons. The van der Waals surface area contributed by atoms with Crippen LogP contribution < -0.4 is 5.32 Å². The quantitative estimate of drug-likeness (QED) is 0.380. The summed E-state index contributed by atoms with van der Waals surface area (Å²) in [7, 11) is 0. The maximum atomic E-state index is 3.04. The van der Waals surface area contributed by atoms with Crippen LogP contribution in [0.15, 0.2) is 73.0 Å². The van der Waals surface area contributed by atoms with Crippen molar-refractivity contribution in [1.29, 1.82) is 0 Å². The summed E-state index contributed by atoms with van der Waals surface area (Å²) in [5, 5.41) is 3.04. The van der Waals surface area contributed by atoms with E-state index in [1.165, 1.54) is 6.42 Å². The number of hydrogen-bond donors (Lipinski definition) is 1. The predicted molar refractivity (Wildman–Crippen MR) is 161 cm³/mol. The van der Waals surface area contributed by atoms with Crippen LogP contribution in [0.1, 0.15) is 105 Å². The molecule has 0 amide bonds. The first-order chi connectivity index (χ1) is 14.0. The van der Waals surface area contributed by atoms with Crippen LogP contribution in [-0.4, -0.2) is 15.0 Å². The fourth-order valence-electron chi connectivity index (χ4n) is 1.19. The van der Waals surface area contributed by atoms with Gasteiger partial charge in [0, 0.05) is 16.4 Å². The third-order valence-corrected chi connectivity index (χ3v) is 2.01. The van der Waals surface area contributed by atoms with E-state index in [1.54, 1.807) is 0 Å². The van der Waals surface area contributed by atoms with Gasteiger partial charge in [-0.1, -0.05) is 157 Å². The first kappa shape index (κ1) is 41.5. The summed E-state index contributed by atoms with van der Waals surface area (Å²) >= 11 is 0. The van der Waals surface area contributed by atoms with Crippen molar-refractivity contribution in [2.24, 2.45) is 16.2 Å². The lowest BCUT2D eigenvalue weighted by Crippen LogP contribution is -1.96. The number of rotatable bonds is 0. The van der Waals surface area contributed by atoms with Crippen molar-refractivity contribution >= 4 is 8.41 Å². The maximum Gasteiger partial charge on any atom is 0.0176 e. The Morgan fingerprint density at radius 2 is 0.818 bits per heavy atom. The molecule has 1 aliphatic carbocycles. The van der Waals surface area contributed by atoms with Gasteiger partial charge in [0.15, 0.2) is 0 Å². The predicted octanol–water partition coefficient (Wildman–Crippen LogP) is 10.3. The van der Waals surface area contributed by atoms with E-state index in [1.807, 2.05) is 42.6 Å². The van der Waals surface area contributed by atoms with Gasteiger partial charge >= 0.3 is 0 Å². The number of benzene rings is 1. The van der Waals surface area contributed by atoms with Gasteiger partial charge in [-0.3, -0.25) is 0 Å². The number of allylic oxidation sites excluding steroid dienone is 4. The molecule has 1 aliphatic heterocycles. The summed E-state index contributed by atoms with van der Waals surface area (Å²) in [6.07, 6.45) is 14.8. The molecule has 0 spiro atoms. The van der Waals surface area contributed by atoms with Gasteiger partial charge in [0.05, 0.1) is 0 Å².